The summed E-state index contributed by atoms with van der Waals surface area (Å²) >= 11 is 0. The Morgan fingerprint density at radius 2 is 2.20 bits per heavy atom. The number of ether oxygens (including phenoxy) is 2. The van der Waals surface area contributed by atoms with Gasteiger partial charge in [-0.25, -0.2) is 0 Å². The summed E-state index contributed by atoms with van der Waals surface area (Å²) in [5.41, 5.74) is 0. The van der Waals surface area contributed by atoms with Crippen LogP contribution < -0.4 is 4.74 Å². The van der Waals surface area contributed by atoms with Crippen LogP contribution >= 0.6 is 0 Å². The second-order valence-electron chi connectivity index (χ2n) is 3.63. The number of esters is 1. The molecule has 1 aromatic rings. The molecule has 1 atom stereocenters. The largest absolute Gasteiger partial charge is 0.426 e. The highest BCUT2D eigenvalue weighted by molar-refractivity contribution is 5.72. The van der Waals surface area contributed by atoms with Crippen molar-refractivity contribution in [2.75, 3.05) is 6.61 Å². The first kappa shape index (κ1) is 10.2. The first-order valence-electron chi connectivity index (χ1n) is 5.22. The molecule has 0 saturated carbocycles. The van der Waals surface area contributed by atoms with E-state index in [1.54, 1.807) is 12.1 Å². The Balaban J connectivity index is 1.82. The van der Waals surface area contributed by atoms with Crippen LogP contribution in [0.1, 0.15) is 19.3 Å². The predicted octanol–water partition coefficient (Wildman–Crippen LogP) is 2.16. The number of para-hydroxylation sites is 1. The van der Waals surface area contributed by atoms with Gasteiger partial charge in [0, 0.05) is 6.61 Å². The third-order valence-corrected chi connectivity index (χ3v) is 2.39. The summed E-state index contributed by atoms with van der Waals surface area (Å²) < 4.78 is 10.5. The minimum Gasteiger partial charge on any atom is -0.426 e. The number of rotatable bonds is 3. The number of carbonyl (C=O) groups excluding carboxylic acids is 1. The zero-order chi connectivity index (χ0) is 10.5. The SMILES string of the molecule is O=C(C[C@H]1CCCO1)Oc1ccccc1. The second kappa shape index (κ2) is 4.94. The van der Waals surface area contributed by atoms with Crippen molar-refractivity contribution in [3.05, 3.63) is 30.3 Å². The van der Waals surface area contributed by atoms with Gasteiger partial charge in [0.05, 0.1) is 12.5 Å². The Morgan fingerprint density at radius 3 is 2.87 bits per heavy atom. The summed E-state index contributed by atoms with van der Waals surface area (Å²) in [5, 5.41) is 0. The standard InChI is InChI=1S/C12H14O3/c13-12(9-11-7-4-8-14-11)15-10-5-2-1-3-6-10/h1-3,5-6,11H,4,7-9H2/t11-/m1/s1. The van der Waals surface area contributed by atoms with E-state index in [0.29, 0.717) is 12.2 Å². The minimum absolute atomic E-state index is 0.0567. The van der Waals surface area contributed by atoms with Gasteiger partial charge < -0.3 is 9.47 Å². The summed E-state index contributed by atoms with van der Waals surface area (Å²) in [4.78, 5) is 11.5. The van der Waals surface area contributed by atoms with Gasteiger partial charge in [-0.3, -0.25) is 4.79 Å². The molecule has 80 valence electrons. The Morgan fingerprint density at radius 1 is 1.40 bits per heavy atom. The predicted molar refractivity (Wildman–Crippen MR) is 55.7 cm³/mol. The summed E-state index contributed by atoms with van der Waals surface area (Å²) in [6, 6.07) is 9.11. The van der Waals surface area contributed by atoms with Crippen molar-refractivity contribution in [3.8, 4) is 5.75 Å². The van der Waals surface area contributed by atoms with Gasteiger partial charge in [-0.2, -0.15) is 0 Å². The second-order valence-corrected chi connectivity index (χ2v) is 3.63. The zero-order valence-corrected chi connectivity index (χ0v) is 8.52. The summed E-state index contributed by atoms with van der Waals surface area (Å²) in [5.74, 6) is 0.383. The normalized spacial score (nSPS) is 20.1. The molecule has 1 aliphatic heterocycles. The highest BCUT2D eigenvalue weighted by Gasteiger charge is 2.20. The molecule has 1 saturated heterocycles. The van der Waals surface area contributed by atoms with Crippen molar-refractivity contribution in [1.82, 2.24) is 0 Å². The van der Waals surface area contributed by atoms with Crippen LogP contribution in [0, 0.1) is 0 Å². The van der Waals surface area contributed by atoms with Gasteiger partial charge in [-0.15, -0.1) is 0 Å². The Kier molecular flexibility index (Phi) is 3.35. The van der Waals surface area contributed by atoms with Gasteiger partial charge >= 0.3 is 5.97 Å². The van der Waals surface area contributed by atoms with Gasteiger partial charge in [-0.1, -0.05) is 18.2 Å². The van der Waals surface area contributed by atoms with Gasteiger partial charge in [-0.05, 0) is 25.0 Å². The maximum Gasteiger partial charge on any atom is 0.313 e. The van der Waals surface area contributed by atoms with Crippen LogP contribution in [0.4, 0.5) is 0 Å². The number of hydrogen-bond acceptors (Lipinski definition) is 3. The van der Waals surface area contributed by atoms with E-state index in [1.807, 2.05) is 18.2 Å². The van der Waals surface area contributed by atoms with Crippen LogP contribution in [0.3, 0.4) is 0 Å². The van der Waals surface area contributed by atoms with E-state index in [4.69, 9.17) is 9.47 Å². The molecule has 0 aliphatic carbocycles. The fourth-order valence-corrected chi connectivity index (χ4v) is 1.65. The van der Waals surface area contributed by atoms with Crippen LogP contribution in [-0.2, 0) is 9.53 Å². The van der Waals surface area contributed by atoms with E-state index in [0.717, 1.165) is 19.4 Å². The van der Waals surface area contributed by atoms with Crippen LogP contribution in [0.5, 0.6) is 5.75 Å². The van der Waals surface area contributed by atoms with Crippen LogP contribution in [0.15, 0.2) is 30.3 Å². The molecule has 1 heterocycles. The highest BCUT2D eigenvalue weighted by atomic mass is 16.5. The molecule has 2 rings (SSSR count). The summed E-state index contributed by atoms with van der Waals surface area (Å²) in [6.45, 7) is 0.767. The lowest BCUT2D eigenvalue weighted by Crippen LogP contribution is -2.17. The molecule has 1 fully saturated rings. The quantitative estimate of drug-likeness (QED) is 0.561. The fraction of sp³-hybridized carbons (Fsp3) is 0.417. The maximum atomic E-state index is 11.5. The Bertz CT molecular complexity index is 315. The fourth-order valence-electron chi connectivity index (χ4n) is 1.65. The average Bonchev–Trinajstić information content (AvgIpc) is 2.71. The molecule has 15 heavy (non-hydrogen) atoms. The van der Waals surface area contributed by atoms with Crippen LogP contribution in [0.25, 0.3) is 0 Å². The molecule has 1 aliphatic rings. The van der Waals surface area contributed by atoms with Crippen molar-refractivity contribution < 1.29 is 14.3 Å². The van der Waals surface area contributed by atoms with Crippen molar-refractivity contribution in [2.45, 2.75) is 25.4 Å². The lowest BCUT2D eigenvalue weighted by molar-refractivity contribution is -0.136. The van der Waals surface area contributed by atoms with E-state index in [-0.39, 0.29) is 12.1 Å². The lowest BCUT2D eigenvalue weighted by atomic mass is 10.2. The van der Waals surface area contributed by atoms with Gasteiger partial charge in [0.25, 0.3) is 0 Å². The molecule has 0 radical (unpaired) electrons. The number of hydrogen-bond donors (Lipinski definition) is 0. The molecule has 0 bridgehead atoms. The van der Waals surface area contributed by atoms with E-state index in [2.05, 4.69) is 0 Å². The monoisotopic (exact) mass is 206 g/mol. The van der Waals surface area contributed by atoms with Crippen molar-refractivity contribution in [2.24, 2.45) is 0 Å². The number of benzene rings is 1. The molecule has 0 spiro atoms. The lowest BCUT2D eigenvalue weighted by Gasteiger charge is -2.08. The highest BCUT2D eigenvalue weighted by Crippen LogP contribution is 2.17. The maximum absolute atomic E-state index is 11.5. The van der Waals surface area contributed by atoms with Crippen LogP contribution in [0.2, 0.25) is 0 Å². The van der Waals surface area contributed by atoms with Crippen molar-refractivity contribution in [3.63, 3.8) is 0 Å². The van der Waals surface area contributed by atoms with Crippen LogP contribution in [-0.4, -0.2) is 18.7 Å². The Labute approximate surface area is 89.0 Å². The van der Waals surface area contributed by atoms with Crippen molar-refractivity contribution >= 4 is 5.97 Å². The molecular formula is C12H14O3. The average molecular weight is 206 g/mol. The zero-order valence-electron chi connectivity index (χ0n) is 8.52. The molecule has 3 heteroatoms. The molecule has 3 nitrogen and oxygen atoms in total. The minimum atomic E-state index is -0.215. The molecule has 1 aromatic carbocycles. The molecule has 0 aromatic heterocycles. The summed E-state index contributed by atoms with van der Waals surface area (Å²) in [7, 11) is 0. The van der Waals surface area contributed by atoms with E-state index < -0.39 is 0 Å². The smallest absolute Gasteiger partial charge is 0.313 e. The van der Waals surface area contributed by atoms with E-state index >= 15 is 0 Å². The molecule has 0 N–H and O–H groups in total. The van der Waals surface area contributed by atoms with E-state index in [1.165, 1.54) is 0 Å². The molecule has 0 unspecified atom stereocenters. The Hall–Kier alpha value is -1.35. The summed E-state index contributed by atoms with van der Waals surface area (Å²) in [6.07, 6.45) is 2.42. The molecular weight excluding hydrogens is 192 g/mol. The topological polar surface area (TPSA) is 35.5 Å². The third kappa shape index (κ3) is 3.06. The van der Waals surface area contributed by atoms with Gasteiger partial charge in [0.15, 0.2) is 0 Å². The first-order chi connectivity index (χ1) is 7.34. The first-order valence-corrected chi connectivity index (χ1v) is 5.22. The van der Waals surface area contributed by atoms with E-state index in [9.17, 15) is 4.79 Å². The molecule has 0 amide bonds. The van der Waals surface area contributed by atoms with Gasteiger partial charge in [0.1, 0.15) is 5.75 Å². The van der Waals surface area contributed by atoms with Crippen molar-refractivity contribution in [1.29, 1.82) is 0 Å². The number of carbonyl (C=O) groups is 1. The third-order valence-electron chi connectivity index (χ3n) is 2.39. The van der Waals surface area contributed by atoms with Gasteiger partial charge in [0.2, 0.25) is 0 Å².